The number of aromatic nitrogens is 2. The molecule has 1 aliphatic rings. The van der Waals surface area contributed by atoms with Gasteiger partial charge >= 0.3 is 0 Å². The van der Waals surface area contributed by atoms with Crippen LogP contribution in [0.15, 0.2) is 24.3 Å². The molecule has 1 aromatic heterocycles. The Balaban J connectivity index is 1.50. The summed E-state index contributed by atoms with van der Waals surface area (Å²) >= 11 is 0. The largest absolute Gasteiger partial charge is 0.342 e. The van der Waals surface area contributed by atoms with E-state index in [9.17, 15) is 0 Å². The van der Waals surface area contributed by atoms with Crippen LogP contribution in [0.5, 0.6) is 0 Å². The molecule has 0 aliphatic carbocycles. The second-order valence-corrected chi connectivity index (χ2v) is 6.02. The van der Waals surface area contributed by atoms with Gasteiger partial charge in [-0.15, -0.1) is 0 Å². The molecule has 3 heteroatoms. The number of piperidine rings is 1. The van der Waals surface area contributed by atoms with Crippen LogP contribution < -0.4 is 0 Å². The Bertz CT molecular complexity index is 505. The fourth-order valence-corrected chi connectivity index (χ4v) is 3.30. The van der Waals surface area contributed by atoms with Crippen LogP contribution >= 0.6 is 0 Å². The Kier molecular flexibility index (Phi) is 4.36. The number of hydrogen-bond acceptors (Lipinski definition) is 2. The van der Waals surface area contributed by atoms with Gasteiger partial charge in [0.25, 0.3) is 0 Å². The number of benzene rings is 1. The lowest BCUT2D eigenvalue weighted by Crippen LogP contribution is -2.35. The van der Waals surface area contributed by atoms with Gasteiger partial charge in [-0.2, -0.15) is 0 Å². The van der Waals surface area contributed by atoms with Crippen molar-refractivity contribution in [2.45, 2.75) is 39.0 Å². The average Bonchev–Trinajstić information content (AvgIpc) is 2.90. The van der Waals surface area contributed by atoms with Gasteiger partial charge in [0, 0.05) is 13.0 Å². The molecule has 1 aromatic carbocycles. The number of nitrogens with one attached hydrogen (secondary N) is 1. The SMILES string of the molecule is CCCC1CCN(CCc2nc3ccccc3[nH]2)CC1. The third-order valence-electron chi connectivity index (χ3n) is 4.51. The van der Waals surface area contributed by atoms with E-state index < -0.39 is 0 Å². The second-order valence-electron chi connectivity index (χ2n) is 6.02. The molecule has 1 saturated heterocycles. The predicted octanol–water partition coefficient (Wildman–Crippen LogP) is 3.62. The zero-order chi connectivity index (χ0) is 13.8. The summed E-state index contributed by atoms with van der Waals surface area (Å²) in [4.78, 5) is 10.7. The molecule has 108 valence electrons. The lowest BCUT2D eigenvalue weighted by atomic mass is 9.92. The first kappa shape index (κ1) is 13.6. The summed E-state index contributed by atoms with van der Waals surface area (Å²) in [6.45, 7) is 5.97. The highest BCUT2D eigenvalue weighted by molar-refractivity contribution is 5.74. The highest BCUT2D eigenvalue weighted by Crippen LogP contribution is 2.21. The molecule has 0 saturated carbocycles. The maximum atomic E-state index is 4.66. The summed E-state index contributed by atoms with van der Waals surface area (Å²) < 4.78 is 0. The van der Waals surface area contributed by atoms with E-state index in [-0.39, 0.29) is 0 Å². The van der Waals surface area contributed by atoms with E-state index in [1.165, 1.54) is 38.8 Å². The van der Waals surface area contributed by atoms with Crippen molar-refractivity contribution in [2.24, 2.45) is 5.92 Å². The molecule has 1 aliphatic heterocycles. The Morgan fingerprint density at radius 3 is 2.80 bits per heavy atom. The number of H-pyrrole nitrogens is 1. The number of para-hydroxylation sites is 2. The van der Waals surface area contributed by atoms with Crippen LogP contribution in [0.3, 0.4) is 0 Å². The minimum Gasteiger partial charge on any atom is -0.342 e. The first-order valence-corrected chi connectivity index (χ1v) is 8.01. The summed E-state index contributed by atoms with van der Waals surface area (Å²) in [6, 6.07) is 8.28. The minimum atomic E-state index is 0.974. The van der Waals surface area contributed by atoms with Crippen LogP contribution in [0.25, 0.3) is 11.0 Å². The monoisotopic (exact) mass is 271 g/mol. The highest BCUT2D eigenvalue weighted by atomic mass is 15.1. The third-order valence-corrected chi connectivity index (χ3v) is 4.51. The Morgan fingerprint density at radius 1 is 1.25 bits per heavy atom. The number of hydrogen-bond donors (Lipinski definition) is 1. The molecule has 0 atom stereocenters. The summed E-state index contributed by atoms with van der Waals surface area (Å²) in [5.74, 6) is 2.10. The van der Waals surface area contributed by atoms with Crippen LogP contribution in [0.2, 0.25) is 0 Å². The Hall–Kier alpha value is -1.35. The zero-order valence-corrected chi connectivity index (χ0v) is 12.4. The molecule has 1 N–H and O–H groups in total. The van der Waals surface area contributed by atoms with Crippen molar-refractivity contribution in [2.75, 3.05) is 19.6 Å². The topological polar surface area (TPSA) is 31.9 Å². The van der Waals surface area contributed by atoms with Gasteiger partial charge in [0.15, 0.2) is 0 Å². The van der Waals surface area contributed by atoms with E-state index in [1.807, 2.05) is 6.07 Å². The van der Waals surface area contributed by atoms with Gasteiger partial charge in [-0.1, -0.05) is 31.9 Å². The molecule has 0 unspecified atom stereocenters. The molecular weight excluding hydrogens is 246 g/mol. The molecule has 3 nitrogen and oxygen atoms in total. The predicted molar refractivity (Wildman–Crippen MR) is 83.9 cm³/mol. The van der Waals surface area contributed by atoms with Gasteiger partial charge < -0.3 is 9.88 Å². The second kappa shape index (κ2) is 6.40. The van der Waals surface area contributed by atoms with Crippen LogP contribution in [0.1, 0.15) is 38.4 Å². The smallest absolute Gasteiger partial charge is 0.108 e. The first-order chi connectivity index (χ1) is 9.85. The molecule has 0 amide bonds. The van der Waals surface area contributed by atoms with Crippen molar-refractivity contribution in [3.8, 4) is 0 Å². The number of imidazole rings is 1. The van der Waals surface area contributed by atoms with Crippen LogP contribution in [-0.4, -0.2) is 34.5 Å². The van der Waals surface area contributed by atoms with Crippen molar-refractivity contribution >= 4 is 11.0 Å². The van der Waals surface area contributed by atoms with Crippen molar-refractivity contribution < 1.29 is 0 Å². The lowest BCUT2D eigenvalue weighted by molar-refractivity contribution is 0.179. The Morgan fingerprint density at radius 2 is 2.05 bits per heavy atom. The van der Waals surface area contributed by atoms with Gasteiger partial charge in [0.05, 0.1) is 11.0 Å². The van der Waals surface area contributed by atoms with Crippen molar-refractivity contribution in [3.63, 3.8) is 0 Å². The fraction of sp³-hybridized carbons (Fsp3) is 0.588. The third kappa shape index (κ3) is 3.21. The van der Waals surface area contributed by atoms with E-state index in [4.69, 9.17) is 0 Å². The first-order valence-electron chi connectivity index (χ1n) is 8.01. The summed E-state index contributed by atoms with van der Waals surface area (Å²) in [5.41, 5.74) is 2.24. The highest BCUT2D eigenvalue weighted by Gasteiger charge is 2.18. The maximum absolute atomic E-state index is 4.66. The van der Waals surface area contributed by atoms with Crippen LogP contribution in [0, 0.1) is 5.92 Å². The summed E-state index contributed by atoms with van der Waals surface area (Å²) in [6.07, 6.45) is 6.55. The van der Waals surface area contributed by atoms with Crippen LogP contribution in [0.4, 0.5) is 0 Å². The van der Waals surface area contributed by atoms with Gasteiger partial charge in [0.2, 0.25) is 0 Å². The molecule has 20 heavy (non-hydrogen) atoms. The number of rotatable bonds is 5. The van der Waals surface area contributed by atoms with E-state index in [0.717, 1.165) is 35.7 Å². The maximum Gasteiger partial charge on any atom is 0.108 e. The zero-order valence-electron chi connectivity index (χ0n) is 12.4. The molecule has 2 heterocycles. The average molecular weight is 271 g/mol. The number of likely N-dealkylation sites (tertiary alicyclic amines) is 1. The summed E-state index contributed by atoms with van der Waals surface area (Å²) in [7, 11) is 0. The molecule has 2 aromatic rings. The molecule has 1 fully saturated rings. The van der Waals surface area contributed by atoms with E-state index in [2.05, 4.69) is 40.0 Å². The van der Waals surface area contributed by atoms with Crippen molar-refractivity contribution in [1.82, 2.24) is 14.9 Å². The van der Waals surface area contributed by atoms with Gasteiger partial charge in [-0.05, 0) is 44.0 Å². The van der Waals surface area contributed by atoms with Gasteiger partial charge in [-0.25, -0.2) is 4.98 Å². The number of aromatic amines is 1. The minimum absolute atomic E-state index is 0.974. The molecular formula is C17H25N3. The normalized spacial score (nSPS) is 17.9. The lowest BCUT2D eigenvalue weighted by Gasteiger charge is -2.31. The molecule has 0 radical (unpaired) electrons. The van der Waals surface area contributed by atoms with Crippen molar-refractivity contribution in [3.05, 3.63) is 30.1 Å². The van der Waals surface area contributed by atoms with E-state index in [1.54, 1.807) is 0 Å². The fourth-order valence-electron chi connectivity index (χ4n) is 3.30. The van der Waals surface area contributed by atoms with E-state index in [0.29, 0.717) is 0 Å². The molecule has 0 bridgehead atoms. The van der Waals surface area contributed by atoms with Gasteiger partial charge in [0.1, 0.15) is 5.82 Å². The Labute approximate surface area is 121 Å². The quantitative estimate of drug-likeness (QED) is 0.900. The number of fused-ring (bicyclic) bond motifs is 1. The number of nitrogens with zero attached hydrogens (tertiary/aromatic N) is 2. The summed E-state index contributed by atoms with van der Waals surface area (Å²) in [5, 5.41) is 0. The molecule has 3 rings (SSSR count). The standard InChI is InChI=1S/C17H25N3/c1-2-5-14-8-11-20(12-9-14)13-10-17-18-15-6-3-4-7-16(15)19-17/h3-4,6-7,14H,2,5,8-13H2,1H3,(H,18,19). The van der Waals surface area contributed by atoms with E-state index >= 15 is 0 Å². The van der Waals surface area contributed by atoms with Crippen molar-refractivity contribution in [1.29, 1.82) is 0 Å². The van der Waals surface area contributed by atoms with Crippen LogP contribution in [-0.2, 0) is 6.42 Å². The molecule has 0 spiro atoms. The van der Waals surface area contributed by atoms with Gasteiger partial charge in [-0.3, -0.25) is 0 Å².